The van der Waals surface area contributed by atoms with Crippen molar-refractivity contribution in [1.82, 2.24) is 9.88 Å². The normalized spacial score (nSPS) is 19.1. The Morgan fingerprint density at radius 2 is 2.09 bits per heavy atom. The van der Waals surface area contributed by atoms with Gasteiger partial charge in [0.2, 0.25) is 0 Å². The van der Waals surface area contributed by atoms with Gasteiger partial charge < -0.3 is 9.64 Å². The molecule has 1 aromatic heterocycles. The van der Waals surface area contributed by atoms with Crippen LogP contribution in [0.2, 0.25) is 0 Å². The topological polar surface area (TPSA) is 25.4 Å². The fourth-order valence-electron chi connectivity index (χ4n) is 3.22. The van der Waals surface area contributed by atoms with Gasteiger partial charge in [-0.1, -0.05) is 18.2 Å². The second kappa shape index (κ2) is 6.93. The number of nitrogens with zero attached hydrogens (tertiary/aromatic N) is 2. The highest BCUT2D eigenvalue weighted by Gasteiger charge is 2.20. The van der Waals surface area contributed by atoms with Crippen LogP contribution in [-0.2, 0) is 6.42 Å². The van der Waals surface area contributed by atoms with Crippen LogP contribution in [0, 0.1) is 0 Å². The van der Waals surface area contributed by atoms with Crippen LogP contribution in [0.4, 0.5) is 0 Å². The van der Waals surface area contributed by atoms with Gasteiger partial charge in [-0.2, -0.15) is 0 Å². The zero-order valence-electron chi connectivity index (χ0n) is 13.5. The molecule has 1 saturated heterocycles. The Labute approximate surface area is 132 Å². The van der Waals surface area contributed by atoms with E-state index >= 15 is 0 Å². The molecule has 0 spiro atoms. The summed E-state index contributed by atoms with van der Waals surface area (Å²) in [5.41, 5.74) is 3.62. The van der Waals surface area contributed by atoms with Crippen molar-refractivity contribution in [2.75, 3.05) is 27.2 Å². The summed E-state index contributed by atoms with van der Waals surface area (Å²) < 4.78 is 5.30. The Hall–Kier alpha value is -1.87. The molecule has 0 aliphatic carbocycles. The number of ether oxygens (including phenoxy) is 1. The minimum atomic E-state index is 0.573. The summed E-state index contributed by atoms with van der Waals surface area (Å²) in [6, 6.07) is 14.7. The molecule has 0 unspecified atom stereocenters. The van der Waals surface area contributed by atoms with Crippen LogP contribution < -0.4 is 4.74 Å². The summed E-state index contributed by atoms with van der Waals surface area (Å²) in [6.45, 7) is 2.33. The zero-order chi connectivity index (χ0) is 15.4. The fraction of sp³-hybridized carbons (Fsp3) is 0.421. The van der Waals surface area contributed by atoms with Gasteiger partial charge >= 0.3 is 0 Å². The van der Waals surface area contributed by atoms with E-state index in [9.17, 15) is 0 Å². The quantitative estimate of drug-likeness (QED) is 0.863. The molecule has 0 saturated carbocycles. The lowest BCUT2D eigenvalue weighted by atomic mass is 9.94. The SMILES string of the molecule is COc1cccc(Cc2cccc([C@@H]3CCCN(C)C3)n2)c1. The first-order valence-corrected chi connectivity index (χ1v) is 8.02. The first-order valence-electron chi connectivity index (χ1n) is 8.02. The molecule has 22 heavy (non-hydrogen) atoms. The smallest absolute Gasteiger partial charge is 0.119 e. The van der Waals surface area contributed by atoms with Gasteiger partial charge in [-0.05, 0) is 56.3 Å². The number of methoxy groups -OCH3 is 1. The molecular weight excluding hydrogens is 272 g/mol. The van der Waals surface area contributed by atoms with E-state index in [1.807, 2.05) is 12.1 Å². The van der Waals surface area contributed by atoms with Crippen LogP contribution in [0.15, 0.2) is 42.5 Å². The molecule has 3 heteroatoms. The van der Waals surface area contributed by atoms with Crippen LogP contribution in [0.3, 0.4) is 0 Å². The molecule has 2 aromatic rings. The van der Waals surface area contributed by atoms with Gasteiger partial charge in [-0.25, -0.2) is 0 Å². The van der Waals surface area contributed by atoms with Crippen molar-refractivity contribution in [3.63, 3.8) is 0 Å². The lowest BCUT2D eigenvalue weighted by Crippen LogP contribution is -2.31. The molecule has 1 aliphatic rings. The average Bonchev–Trinajstić information content (AvgIpc) is 2.55. The monoisotopic (exact) mass is 296 g/mol. The third-order valence-corrected chi connectivity index (χ3v) is 4.39. The molecule has 1 fully saturated rings. The first-order chi connectivity index (χ1) is 10.7. The van der Waals surface area contributed by atoms with Gasteiger partial charge in [0.1, 0.15) is 5.75 Å². The molecule has 116 valence electrons. The molecule has 0 bridgehead atoms. The summed E-state index contributed by atoms with van der Waals surface area (Å²) in [4.78, 5) is 7.32. The molecule has 3 nitrogen and oxygen atoms in total. The molecule has 2 heterocycles. The average molecular weight is 296 g/mol. The van der Waals surface area contributed by atoms with Crippen molar-refractivity contribution in [3.8, 4) is 5.75 Å². The third-order valence-electron chi connectivity index (χ3n) is 4.39. The summed E-state index contributed by atoms with van der Waals surface area (Å²) in [7, 11) is 3.91. The van der Waals surface area contributed by atoms with Gasteiger partial charge in [0, 0.05) is 30.3 Å². The van der Waals surface area contributed by atoms with E-state index in [-0.39, 0.29) is 0 Å². The lowest BCUT2D eigenvalue weighted by molar-refractivity contribution is 0.248. The van der Waals surface area contributed by atoms with E-state index in [2.05, 4.69) is 42.3 Å². The maximum atomic E-state index is 5.30. The van der Waals surface area contributed by atoms with Gasteiger partial charge in [-0.15, -0.1) is 0 Å². The second-order valence-corrected chi connectivity index (χ2v) is 6.18. The van der Waals surface area contributed by atoms with E-state index in [0.29, 0.717) is 5.92 Å². The second-order valence-electron chi connectivity index (χ2n) is 6.18. The van der Waals surface area contributed by atoms with Crippen LogP contribution in [-0.4, -0.2) is 37.1 Å². The van der Waals surface area contributed by atoms with E-state index < -0.39 is 0 Å². The van der Waals surface area contributed by atoms with Crippen LogP contribution in [0.25, 0.3) is 0 Å². The van der Waals surface area contributed by atoms with Crippen LogP contribution in [0.5, 0.6) is 5.75 Å². The molecule has 0 radical (unpaired) electrons. The van der Waals surface area contributed by atoms with Crippen molar-refractivity contribution < 1.29 is 4.74 Å². The highest BCUT2D eigenvalue weighted by atomic mass is 16.5. The predicted molar refractivity (Wildman–Crippen MR) is 89.5 cm³/mol. The largest absolute Gasteiger partial charge is 0.497 e. The zero-order valence-corrected chi connectivity index (χ0v) is 13.5. The Morgan fingerprint density at radius 1 is 1.23 bits per heavy atom. The minimum Gasteiger partial charge on any atom is -0.497 e. The molecule has 1 atom stereocenters. The first kappa shape index (κ1) is 15.0. The maximum absolute atomic E-state index is 5.30. The number of hydrogen-bond acceptors (Lipinski definition) is 3. The van der Waals surface area contributed by atoms with Crippen molar-refractivity contribution in [2.24, 2.45) is 0 Å². The van der Waals surface area contributed by atoms with Crippen molar-refractivity contribution in [2.45, 2.75) is 25.2 Å². The fourth-order valence-corrected chi connectivity index (χ4v) is 3.22. The van der Waals surface area contributed by atoms with Gasteiger partial charge in [0.05, 0.1) is 7.11 Å². The van der Waals surface area contributed by atoms with E-state index in [4.69, 9.17) is 9.72 Å². The standard InChI is InChI=1S/C19H24N2O/c1-21-11-5-7-16(14-21)19-10-4-8-17(20-19)12-15-6-3-9-18(13-15)22-2/h3-4,6,8-10,13,16H,5,7,11-12,14H2,1-2H3/t16-/m1/s1. The van der Waals surface area contributed by atoms with Gasteiger partial charge in [-0.3, -0.25) is 4.98 Å². The highest BCUT2D eigenvalue weighted by Crippen LogP contribution is 2.25. The molecule has 0 amide bonds. The molecule has 1 aromatic carbocycles. The molecule has 0 N–H and O–H groups in total. The van der Waals surface area contributed by atoms with Crippen molar-refractivity contribution >= 4 is 0 Å². The van der Waals surface area contributed by atoms with Gasteiger partial charge in [0.15, 0.2) is 0 Å². The number of rotatable bonds is 4. The number of likely N-dealkylation sites (tertiary alicyclic amines) is 1. The minimum absolute atomic E-state index is 0.573. The summed E-state index contributed by atoms with van der Waals surface area (Å²) in [6.07, 6.45) is 3.37. The van der Waals surface area contributed by atoms with E-state index in [1.54, 1.807) is 7.11 Å². The summed E-state index contributed by atoms with van der Waals surface area (Å²) in [5.74, 6) is 1.48. The Morgan fingerprint density at radius 3 is 2.91 bits per heavy atom. The third kappa shape index (κ3) is 3.66. The van der Waals surface area contributed by atoms with Crippen LogP contribution in [0.1, 0.15) is 35.7 Å². The number of likely N-dealkylation sites (N-methyl/N-ethyl adjacent to an activating group) is 1. The van der Waals surface area contributed by atoms with Gasteiger partial charge in [0.25, 0.3) is 0 Å². The van der Waals surface area contributed by atoms with Crippen molar-refractivity contribution in [1.29, 1.82) is 0 Å². The Kier molecular flexibility index (Phi) is 4.74. The number of aromatic nitrogens is 1. The summed E-state index contributed by atoms with van der Waals surface area (Å²) in [5, 5.41) is 0. The Balaban J connectivity index is 1.75. The predicted octanol–water partition coefficient (Wildman–Crippen LogP) is 3.49. The molecular formula is C19H24N2O. The number of piperidine rings is 1. The number of hydrogen-bond donors (Lipinski definition) is 0. The summed E-state index contributed by atoms with van der Waals surface area (Å²) >= 11 is 0. The lowest BCUT2D eigenvalue weighted by Gasteiger charge is -2.29. The Bertz CT molecular complexity index is 626. The molecule has 1 aliphatic heterocycles. The maximum Gasteiger partial charge on any atom is 0.119 e. The van der Waals surface area contributed by atoms with Crippen molar-refractivity contribution in [3.05, 3.63) is 59.4 Å². The van der Waals surface area contributed by atoms with E-state index in [1.165, 1.54) is 30.6 Å². The number of pyridine rings is 1. The molecule has 3 rings (SSSR count). The van der Waals surface area contributed by atoms with Crippen LogP contribution >= 0.6 is 0 Å². The highest BCUT2D eigenvalue weighted by molar-refractivity contribution is 5.31. The number of benzene rings is 1. The van der Waals surface area contributed by atoms with E-state index in [0.717, 1.165) is 24.4 Å².